The van der Waals surface area contributed by atoms with Crippen molar-refractivity contribution < 1.29 is 9.53 Å². The highest BCUT2D eigenvalue weighted by atomic mass is 16.5. The van der Waals surface area contributed by atoms with Crippen molar-refractivity contribution in [2.24, 2.45) is 7.05 Å². The Kier molecular flexibility index (Phi) is 3.21. The highest BCUT2D eigenvalue weighted by Crippen LogP contribution is 2.05. The zero-order chi connectivity index (χ0) is 11.5. The minimum atomic E-state index is -0.156. The summed E-state index contributed by atoms with van der Waals surface area (Å²) in [6.45, 7) is 1.50. The van der Waals surface area contributed by atoms with E-state index in [-0.39, 0.29) is 18.1 Å². The molecule has 0 saturated carbocycles. The zero-order valence-electron chi connectivity index (χ0n) is 9.43. The molecule has 1 aromatic rings. The molecule has 2 atom stereocenters. The molecule has 1 saturated heterocycles. The predicted octanol–water partition coefficient (Wildman–Crippen LogP) is -0.863. The van der Waals surface area contributed by atoms with Gasteiger partial charge < -0.3 is 15.4 Å². The van der Waals surface area contributed by atoms with Crippen molar-refractivity contribution in [1.29, 1.82) is 0 Å². The van der Waals surface area contributed by atoms with Gasteiger partial charge in [0.05, 0.1) is 12.1 Å². The van der Waals surface area contributed by atoms with E-state index in [1.165, 1.54) is 0 Å². The van der Waals surface area contributed by atoms with Gasteiger partial charge in [0.15, 0.2) is 0 Å². The van der Waals surface area contributed by atoms with Crippen LogP contribution in [-0.4, -0.2) is 48.0 Å². The van der Waals surface area contributed by atoms with Gasteiger partial charge in [0.2, 0.25) is 0 Å². The highest BCUT2D eigenvalue weighted by Gasteiger charge is 2.28. The minimum Gasteiger partial charge on any atom is -0.378 e. The van der Waals surface area contributed by atoms with Crippen LogP contribution in [0.3, 0.4) is 0 Å². The molecule has 0 spiro atoms. The lowest BCUT2D eigenvalue weighted by molar-refractivity contribution is 0.0776. The molecule has 1 fully saturated rings. The highest BCUT2D eigenvalue weighted by molar-refractivity contribution is 5.92. The van der Waals surface area contributed by atoms with Crippen molar-refractivity contribution in [3.8, 4) is 0 Å². The maximum absolute atomic E-state index is 11.8. The van der Waals surface area contributed by atoms with Crippen LogP contribution in [-0.2, 0) is 11.8 Å². The number of ether oxygens (including phenoxy) is 1. The first-order valence-corrected chi connectivity index (χ1v) is 5.24. The Hall–Kier alpha value is -1.40. The Morgan fingerprint density at radius 1 is 1.69 bits per heavy atom. The molecule has 0 bridgehead atoms. The smallest absolute Gasteiger partial charge is 0.272 e. The molecule has 0 aromatic carbocycles. The van der Waals surface area contributed by atoms with E-state index in [0.29, 0.717) is 5.69 Å². The first kappa shape index (κ1) is 11.1. The zero-order valence-corrected chi connectivity index (χ0v) is 9.43. The summed E-state index contributed by atoms with van der Waals surface area (Å²) in [5.74, 6) is -0.156. The van der Waals surface area contributed by atoms with E-state index in [1.54, 1.807) is 31.1 Å². The van der Waals surface area contributed by atoms with E-state index in [1.807, 2.05) is 0 Å². The van der Waals surface area contributed by atoms with Gasteiger partial charge in [0, 0.05) is 33.4 Å². The average molecular weight is 224 g/mol. The Bertz CT molecular complexity index is 377. The number of nitrogens with one attached hydrogen (secondary N) is 2. The molecule has 1 aliphatic rings. The summed E-state index contributed by atoms with van der Waals surface area (Å²) in [6, 6.07) is 1.71. The molecule has 16 heavy (non-hydrogen) atoms. The summed E-state index contributed by atoms with van der Waals surface area (Å²) < 4.78 is 6.87. The lowest BCUT2D eigenvalue weighted by Gasteiger charge is -2.17. The second kappa shape index (κ2) is 4.63. The maximum Gasteiger partial charge on any atom is 0.272 e. The standard InChI is InChI=1S/C10H16N4O2/c1-14-4-3-7(13-14)10(15)12-8-5-11-6-9(8)16-2/h3-4,8-9,11H,5-6H2,1-2H3,(H,12,15)/t8?,9-/m0/s1. The van der Waals surface area contributed by atoms with E-state index in [4.69, 9.17) is 4.74 Å². The molecular formula is C10H16N4O2. The summed E-state index contributed by atoms with van der Waals surface area (Å²) in [5.41, 5.74) is 0.434. The average Bonchev–Trinajstić information content (AvgIpc) is 2.86. The van der Waals surface area contributed by atoms with Crippen molar-refractivity contribution >= 4 is 5.91 Å². The molecule has 0 aliphatic carbocycles. The topological polar surface area (TPSA) is 68.2 Å². The number of aryl methyl sites for hydroxylation is 1. The van der Waals surface area contributed by atoms with Crippen LogP contribution in [0.1, 0.15) is 10.5 Å². The Balaban J connectivity index is 1.97. The molecule has 1 aromatic heterocycles. The third kappa shape index (κ3) is 2.23. The fourth-order valence-electron chi connectivity index (χ4n) is 1.82. The Morgan fingerprint density at radius 3 is 3.12 bits per heavy atom. The summed E-state index contributed by atoms with van der Waals surface area (Å²) in [7, 11) is 3.43. The van der Waals surface area contributed by atoms with Gasteiger partial charge in [0.25, 0.3) is 5.91 Å². The van der Waals surface area contributed by atoms with Gasteiger partial charge in [-0.15, -0.1) is 0 Å². The molecular weight excluding hydrogens is 208 g/mol. The molecule has 2 rings (SSSR count). The molecule has 2 N–H and O–H groups in total. The number of hydrogen-bond acceptors (Lipinski definition) is 4. The second-order valence-corrected chi connectivity index (χ2v) is 3.89. The van der Waals surface area contributed by atoms with Gasteiger partial charge >= 0.3 is 0 Å². The second-order valence-electron chi connectivity index (χ2n) is 3.89. The van der Waals surface area contributed by atoms with Crippen molar-refractivity contribution in [2.75, 3.05) is 20.2 Å². The van der Waals surface area contributed by atoms with E-state index in [0.717, 1.165) is 13.1 Å². The van der Waals surface area contributed by atoms with Gasteiger partial charge in [-0.25, -0.2) is 0 Å². The molecule has 6 heteroatoms. The van der Waals surface area contributed by atoms with Gasteiger partial charge in [-0.05, 0) is 6.07 Å². The third-order valence-corrected chi connectivity index (χ3v) is 2.72. The van der Waals surface area contributed by atoms with Crippen LogP contribution in [0.25, 0.3) is 0 Å². The fourth-order valence-corrected chi connectivity index (χ4v) is 1.82. The SMILES string of the molecule is CO[C@H]1CNCC1NC(=O)c1ccn(C)n1. The summed E-state index contributed by atoms with van der Waals surface area (Å²) in [5, 5.41) is 10.1. The quantitative estimate of drug-likeness (QED) is 0.701. The molecule has 88 valence electrons. The minimum absolute atomic E-state index is 0.0134. The van der Waals surface area contributed by atoms with Crippen LogP contribution >= 0.6 is 0 Å². The third-order valence-electron chi connectivity index (χ3n) is 2.72. The first-order chi connectivity index (χ1) is 7.70. The van der Waals surface area contributed by atoms with Crippen LogP contribution in [0, 0.1) is 0 Å². The molecule has 1 unspecified atom stereocenters. The molecule has 0 radical (unpaired) electrons. The number of hydrogen-bond donors (Lipinski definition) is 2. The largest absolute Gasteiger partial charge is 0.378 e. The summed E-state index contributed by atoms with van der Waals surface area (Å²) >= 11 is 0. The molecule has 1 aliphatic heterocycles. The van der Waals surface area contributed by atoms with Crippen LogP contribution in [0.2, 0.25) is 0 Å². The van der Waals surface area contributed by atoms with Crippen LogP contribution in [0.4, 0.5) is 0 Å². The normalized spacial score (nSPS) is 24.6. The Labute approximate surface area is 94.0 Å². The van der Waals surface area contributed by atoms with Crippen LogP contribution in [0.5, 0.6) is 0 Å². The van der Waals surface area contributed by atoms with E-state index >= 15 is 0 Å². The monoisotopic (exact) mass is 224 g/mol. The van der Waals surface area contributed by atoms with Gasteiger partial charge in [-0.1, -0.05) is 0 Å². The van der Waals surface area contributed by atoms with Gasteiger partial charge in [-0.3, -0.25) is 9.48 Å². The molecule has 1 amide bonds. The lowest BCUT2D eigenvalue weighted by Crippen LogP contribution is -2.43. The number of methoxy groups -OCH3 is 1. The van der Waals surface area contributed by atoms with Crippen molar-refractivity contribution in [1.82, 2.24) is 20.4 Å². The number of aromatic nitrogens is 2. The first-order valence-electron chi connectivity index (χ1n) is 5.24. The molecule has 2 heterocycles. The fraction of sp³-hybridized carbons (Fsp3) is 0.600. The van der Waals surface area contributed by atoms with Crippen LogP contribution in [0.15, 0.2) is 12.3 Å². The van der Waals surface area contributed by atoms with E-state index in [2.05, 4.69) is 15.7 Å². The predicted molar refractivity (Wildman–Crippen MR) is 58.1 cm³/mol. The summed E-state index contributed by atoms with van der Waals surface area (Å²) in [4.78, 5) is 11.8. The van der Waals surface area contributed by atoms with Crippen molar-refractivity contribution in [2.45, 2.75) is 12.1 Å². The number of rotatable bonds is 3. The van der Waals surface area contributed by atoms with E-state index < -0.39 is 0 Å². The van der Waals surface area contributed by atoms with Crippen molar-refractivity contribution in [3.63, 3.8) is 0 Å². The maximum atomic E-state index is 11.8. The van der Waals surface area contributed by atoms with Crippen LogP contribution < -0.4 is 10.6 Å². The van der Waals surface area contributed by atoms with Gasteiger partial charge in [-0.2, -0.15) is 5.10 Å². The van der Waals surface area contributed by atoms with Gasteiger partial charge in [0.1, 0.15) is 5.69 Å². The van der Waals surface area contributed by atoms with E-state index in [9.17, 15) is 4.79 Å². The lowest BCUT2D eigenvalue weighted by atomic mass is 10.2. The Morgan fingerprint density at radius 2 is 2.50 bits per heavy atom. The number of carbonyl (C=O) groups excluding carboxylic acids is 1. The summed E-state index contributed by atoms with van der Waals surface area (Å²) in [6.07, 6.45) is 1.78. The molecule has 6 nitrogen and oxygen atoms in total. The number of carbonyl (C=O) groups is 1. The number of nitrogens with zero attached hydrogens (tertiary/aromatic N) is 2. The number of amides is 1. The van der Waals surface area contributed by atoms with Crippen molar-refractivity contribution in [3.05, 3.63) is 18.0 Å².